The van der Waals surface area contributed by atoms with Gasteiger partial charge in [0.05, 0.1) is 0 Å². The lowest BCUT2D eigenvalue weighted by molar-refractivity contribution is 1.54. The number of hydrogen-bond acceptors (Lipinski definition) is 0. The van der Waals surface area contributed by atoms with Gasteiger partial charge in [0.1, 0.15) is 0 Å². The topological polar surface area (TPSA) is 0 Å². The van der Waals surface area contributed by atoms with E-state index in [1.54, 1.807) is 0 Å². The predicted molar refractivity (Wildman–Crippen MR) is 64.8 cm³/mol. The zero-order chi connectivity index (χ0) is 10.8. The molecule has 0 fully saturated rings. The van der Waals surface area contributed by atoms with Crippen molar-refractivity contribution in [3.63, 3.8) is 0 Å². The molecule has 0 aliphatic heterocycles. The Morgan fingerprint density at radius 1 is 0.438 bits per heavy atom. The van der Waals surface area contributed by atoms with Crippen molar-refractivity contribution in [1.82, 2.24) is 0 Å². The number of hydrogen-bond donors (Lipinski definition) is 0. The van der Waals surface area contributed by atoms with Gasteiger partial charge in [0.15, 0.2) is 0 Å². The summed E-state index contributed by atoms with van der Waals surface area (Å²) in [5, 5.41) is 0. The van der Waals surface area contributed by atoms with Crippen LogP contribution in [-0.4, -0.2) is 0 Å². The van der Waals surface area contributed by atoms with E-state index >= 15 is 0 Å². The van der Waals surface area contributed by atoms with Gasteiger partial charge in [0.25, 0.3) is 0 Å². The maximum Gasteiger partial charge on any atom is 0.0405 e. The zero-order valence-electron chi connectivity index (χ0n) is 8.62. The third-order valence-electron chi connectivity index (χ3n) is 2.52. The summed E-state index contributed by atoms with van der Waals surface area (Å²) in [6.45, 7) is 0. The standard InChI is InChI=1S/C16H8/c1-2-6-14-11-12-16-8-4-3-7-15(16)10-9-13(14)5-1/h1-8H. The summed E-state index contributed by atoms with van der Waals surface area (Å²) in [7, 11) is 0. The minimum Gasteiger partial charge on any atom is -0.0609 e. The van der Waals surface area contributed by atoms with Gasteiger partial charge >= 0.3 is 0 Å². The second-order valence-electron chi connectivity index (χ2n) is 3.59. The van der Waals surface area contributed by atoms with Crippen molar-refractivity contribution in [3.05, 3.63) is 70.8 Å². The minimum atomic E-state index is 1.00. The molecule has 0 saturated heterocycles. The average Bonchev–Trinajstić information content (AvgIpc) is 2.32. The van der Waals surface area contributed by atoms with Gasteiger partial charge in [-0.25, -0.2) is 0 Å². The summed E-state index contributed by atoms with van der Waals surface area (Å²) >= 11 is 0. The molecule has 0 heteroatoms. The van der Waals surface area contributed by atoms with Crippen LogP contribution in [0.3, 0.4) is 0 Å². The van der Waals surface area contributed by atoms with Crippen LogP contribution in [-0.2, 0) is 0 Å². The third kappa shape index (κ3) is 1.48. The first kappa shape index (κ1) is 8.84. The maximum atomic E-state index is 3.17. The van der Waals surface area contributed by atoms with E-state index in [1.165, 1.54) is 0 Å². The second kappa shape index (κ2) is 3.61. The van der Waals surface area contributed by atoms with Crippen LogP contribution in [0.5, 0.6) is 0 Å². The van der Waals surface area contributed by atoms with E-state index in [0.29, 0.717) is 0 Å². The average molecular weight is 200 g/mol. The van der Waals surface area contributed by atoms with E-state index in [2.05, 4.69) is 23.7 Å². The Morgan fingerprint density at radius 2 is 0.688 bits per heavy atom. The van der Waals surface area contributed by atoms with Gasteiger partial charge in [-0.3, -0.25) is 0 Å². The van der Waals surface area contributed by atoms with Crippen molar-refractivity contribution in [1.29, 1.82) is 0 Å². The van der Waals surface area contributed by atoms with Crippen LogP contribution in [0.25, 0.3) is 0 Å². The van der Waals surface area contributed by atoms with Crippen LogP contribution in [0.15, 0.2) is 48.5 Å². The van der Waals surface area contributed by atoms with Crippen molar-refractivity contribution in [2.75, 3.05) is 0 Å². The highest BCUT2D eigenvalue weighted by atomic mass is 14.0. The van der Waals surface area contributed by atoms with E-state index < -0.39 is 0 Å². The van der Waals surface area contributed by atoms with Crippen molar-refractivity contribution < 1.29 is 0 Å². The smallest absolute Gasteiger partial charge is 0.0405 e. The Morgan fingerprint density at radius 3 is 0.938 bits per heavy atom. The molecule has 0 amide bonds. The quantitative estimate of drug-likeness (QED) is 0.489. The number of rotatable bonds is 0. The monoisotopic (exact) mass is 200 g/mol. The molecule has 16 heavy (non-hydrogen) atoms. The minimum absolute atomic E-state index is 1.00. The molecule has 0 aromatic heterocycles. The maximum absolute atomic E-state index is 3.17. The molecule has 0 nitrogen and oxygen atoms in total. The van der Waals surface area contributed by atoms with Crippen LogP contribution in [0.1, 0.15) is 22.3 Å². The van der Waals surface area contributed by atoms with Crippen LogP contribution in [0, 0.1) is 23.7 Å². The SMILES string of the molecule is C1#Cc2ccccc2C#Cc2ccccc21. The van der Waals surface area contributed by atoms with Crippen LogP contribution < -0.4 is 0 Å². The molecule has 1 aliphatic carbocycles. The lowest BCUT2D eigenvalue weighted by atomic mass is 10.0. The molecular formula is C16H8. The molecule has 0 saturated carbocycles. The second-order valence-corrected chi connectivity index (χ2v) is 3.59. The molecule has 0 unspecified atom stereocenters. The molecule has 0 atom stereocenters. The van der Waals surface area contributed by atoms with Gasteiger partial charge in [-0.15, -0.1) is 0 Å². The lowest BCUT2D eigenvalue weighted by Crippen LogP contribution is -1.89. The van der Waals surface area contributed by atoms with E-state index in [1.807, 2.05) is 48.5 Å². The van der Waals surface area contributed by atoms with Crippen molar-refractivity contribution in [2.45, 2.75) is 0 Å². The van der Waals surface area contributed by atoms with Gasteiger partial charge in [0.2, 0.25) is 0 Å². The molecule has 2 aromatic carbocycles. The largest absolute Gasteiger partial charge is 0.0609 e. The first-order chi connectivity index (χ1) is 7.93. The summed E-state index contributed by atoms with van der Waals surface area (Å²) < 4.78 is 0. The fourth-order valence-corrected chi connectivity index (χ4v) is 1.67. The van der Waals surface area contributed by atoms with E-state index in [-0.39, 0.29) is 0 Å². The lowest BCUT2D eigenvalue weighted by Gasteiger charge is -2.00. The number of benzene rings is 2. The molecule has 0 N–H and O–H groups in total. The Bertz CT molecular complexity index is 555. The van der Waals surface area contributed by atoms with Gasteiger partial charge in [-0.2, -0.15) is 0 Å². The van der Waals surface area contributed by atoms with E-state index in [9.17, 15) is 0 Å². The predicted octanol–water partition coefficient (Wildman–Crippen LogP) is 2.80. The van der Waals surface area contributed by atoms with Crippen LogP contribution >= 0.6 is 0 Å². The van der Waals surface area contributed by atoms with Crippen LogP contribution in [0.4, 0.5) is 0 Å². The third-order valence-corrected chi connectivity index (χ3v) is 2.52. The van der Waals surface area contributed by atoms with Gasteiger partial charge in [-0.05, 0) is 24.3 Å². The van der Waals surface area contributed by atoms with Crippen molar-refractivity contribution >= 4 is 0 Å². The fraction of sp³-hybridized carbons (Fsp3) is 0. The molecule has 0 heterocycles. The molecule has 1 aliphatic rings. The summed E-state index contributed by atoms with van der Waals surface area (Å²) in [6, 6.07) is 16.0. The normalized spacial score (nSPS) is 10.5. The first-order valence-electron chi connectivity index (χ1n) is 5.15. The molecule has 0 radical (unpaired) electrons. The highest BCUT2D eigenvalue weighted by Gasteiger charge is 2.00. The Kier molecular flexibility index (Phi) is 1.99. The summed E-state index contributed by atoms with van der Waals surface area (Å²) in [5.74, 6) is 12.7. The molecule has 0 bridgehead atoms. The molecule has 72 valence electrons. The zero-order valence-corrected chi connectivity index (χ0v) is 8.62. The van der Waals surface area contributed by atoms with Gasteiger partial charge < -0.3 is 0 Å². The van der Waals surface area contributed by atoms with E-state index in [4.69, 9.17) is 0 Å². The van der Waals surface area contributed by atoms with Gasteiger partial charge in [0, 0.05) is 22.3 Å². The van der Waals surface area contributed by atoms with Gasteiger partial charge in [-0.1, -0.05) is 47.9 Å². The Hall–Kier alpha value is -2.44. The first-order valence-corrected chi connectivity index (χ1v) is 5.15. The highest BCUT2D eigenvalue weighted by molar-refractivity contribution is 5.60. The van der Waals surface area contributed by atoms with Crippen molar-refractivity contribution in [3.8, 4) is 23.7 Å². The number of fused-ring (bicyclic) bond motifs is 2. The summed E-state index contributed by atoms with van der Waals surface area (Å²) in [4.78, 5) is 0. The molecule has 0 spiro atoms. The summed E-state index contributed by atoms with van der Waals surface area (Å²) in [5.41, 5.74) is 4.02. The Labute approximate surface area is 94.9 Å². The molecule has 3 rings (SSSR count). The van der Waals surface area contributed by atoms with Crippen molar-refractivity contribution in [2.24, 2.45) is 0 Å². The fourth-order valence-electron chi connectivity index (χ4n) is 1.67. The highest BCUT2D eigenvalue weighted by Crippen LogP contribution is 2.11. The molecular weight excluding hydrogens is 192 g/mol. The molecule has 2 aromatic rings. The van der Waals surface area contributed by atoms with E-state index in [0.717, 1.165) is 22.3 Å². The summed E-state index contributed by atoms with van der Waals surface area (Å²) in [6.07, 6.45) is 0. The van der Waals surface area contributed by atoms with Crippen LogP contribution in [0.2, 0.25) is 0 Å². The Balaban J connectivity index is 2.27.